The van der Waals surface area contributed by atoms with Crippen molar-refractivity contribution in [3.05, 3.63) is 0 Å². The highest BCUT2D eigenvalue weighted by molar-refractivity contribution is 7.87. The van der Waals surface area contributed by atoms with Crippen molar-refractivity contribution in [1.29, 1.82) is 0 Å². The van der Waals surface area contributed by atoms with E-state index >= 15 is 0 Å². The first kappa shape index (κ1) is 21.1. The lowest BCUT2D eigenvalue weighted by Crippen LogP contribution is -2.72. The van der Waals surface area contributed by atoms with Crippen LogP contribution in [0.4, 0.5) is 26.3 Å². The van der Waals surface area contributed by atoms with Crippen LogP contribution in [0.5, 0.6) is 0 Å². The molecular formula is C15H16F6O7S. The van der Waals surface area contributed by atoms with Gasteiger partial charge in [-0.05, 0) is 38.0 Å². The van der Waals surface area contributed by atoms with Gasteiger partial charge < -0.3 is 9.47 Å². The number of carbonyl (C=O) groups excluding carboxylic acids is 1. The fourth-order valence-corrected chi connectivity index (χ4v) is 5.59. The van der Waals surface area contributed by atoms with E-state index in [1.54, 1.807) is 0 Å². The number of rotatable bonds is 3. The zero-order valence-corrected chi connectivity index (χ0v) is 15.4. The highest BCUT2D eigenvalue weighted by atomic mass is 32.2. The second-order valence-corrected chi connectivity index (χ2v) is 9.70. The molecule has 1 heterocycles. The Balaban J connectivity index is 1.60. The summed E-state index contributed by atoms with van der Waals surface area (Å²) >= 11 is 0. The fraction of sp³-hybridized carbons (Fsp3) is 0.933. The molecule has 0 radical (unpaired) electrons. The van der Waals surface area contributed by atoms with Gasteiger partial charge in [0.05, 0.1) is 0 Å². The van der Waals surface area contributed by atoms with E-state index in [0.717, 1.165) is 0 Å². The molecule has 4 saturated carbocycles. The molecule has 7 nitrogen and oxygen atoms in total. The van der Waals surface area contributed by atoms with Crippen LogP contribution in [0.15, 0.2) is 0 Å². The third-order valence-corrected chi connectivity index (χ3v) is 7.15. The molecular weight excluding hydrogens is 438 g/mol. The number of carbonyl (C=O) groups is 1. The molecule has 5 aliphatic rings. The van der Waals surface area contributed by atoms with Crippen molar-refractivity contribution in [2.75, 3.05) is 6.61 Å². The fourth-order valence-electron chi connectivity index (χ4n) is 5.34. The van der Waals surface area contributed by atoms with Crippen LogP contribution in [0, 0.1) is 17.8 Å². The minimum absolute atomic E-state index is 0.0654. The largest absolute Gasteiger partial charge is 0.465 e. The Morgan fingerprint density at radius 2 is 1.62 bits per heavy atom. The lowest BCUT2D eigenvalue weighted by atomic mass is 9.51. The summed E-state index contributed by atoms with van der Waals surface area (Å²) in [6.45, 7) is -1.59. The SMILES string of the molecule is O=C(OC12CC3CC(C1)C1(OCC(F)(F)C(F)(F)O1)C(C3)C2)C(F)(F)S(=O)(=O)O. The minimum Gasteiger partial charge on any atom is -0.454 e. The summed E-state index contributed by atoms with van der Waals surface area (Å²) in [7, 11) is -6.08. The summed E-state index contributed by atoms with van der Waals surface area (Å²) in [4.78, 5) is 11.8. The van der Waals surface area contributed by atoms with Gasteiger partial charge in [0, 0.05) is 11.8 Å². The normalized spacial score (nSPS) is 42.8. The van der Waals surface area contributed by atoms with Crippen LogP contribution in [0.25, 0.3) is 0 Å². The van der Waals surface area contributed by atoms with E-state index in [0.29, 0.717) is 0 Å². The Morgan fingerprint density at radius 1 is 1.07 bits per heavy atom. The number of halogens is 6. The molecule has 1 aliphatic heterocycles. The molecule has 1 saturated heterocycles. The average molecular weight is 454 g/mol. The summed E-state index contributed by atoms with van der Waals surface area (Å²) in [6, 6.07) is 0. The van der Waals surface area contributed by atoms with Crippen molar-refractivity contribution >= 4 is 16.1 Å². The third-order valence-electron chi connectivity index (χ3n) is 6.33. The molecule has 0 aromatic rings. The molecule has 1 N–H and O–H groups in total. The molecule has 5 rings (SSSR count). The van der Waals surface area contributed by atoms with Gasteiger partial charge in [-0.2, -0.15) is 34.8 Å². The van der Waals surface area contributed by atoms with Crippen molar-refractivity contribution in [3.8, 4) is 0 Å². The van der Waals surface area contributed by atoms with Crippen molar-refractivity contribution in [2.45, 2.75) is 60.8 Å². The van der Waals surface area contributed by atoms with E-state index in [4.69, 9.17) is 14.0 Å². The Bertz CT molecular complexity index is 828. The quantitative estimate of drug-likeness (QED) is 0.398. The maximum atomic E-state index is 13.9. The Kier molecular flexibility index (Phi) is 4.20. The molecule has 0 aromatic carbocycles. The van der Waals surface area contributed by atoms with Crippen molar-refractivity contribution < 1.29 is 58.3 Å². The van der Waals surface area contributed by atoms with Gasteiger partial charge in [-0.3, -0.25) is 9.29 Å². The van der Waals surface area contributed by atoms with E-state index < -0.39 is 63.2 Å². The topological polar surface area (TPSA) is 99.1 Å². The van der Waals surface area contributed by atoms with Crippen LogP contribution in [0.3, 0.4) is 0 Å². The maximum absolute atomic E-state index is 13.9. The van der Waals surface area contributed by atoms with Crippen LogP contribution < -0.4 is 0 Å². The molecule has 2 atom stereocenters. The molecule has 29 heavy (non-hydrogen) atoms. The molecule has 166 valence electrons. The number of hydrogen-bond donors (Lipinski definition) is 1. The highest BCUT2D eigenvalue weighted by Gasteiger charge is 2.74. The predicted molar refractivity (Wildman–Crippen MR) is 78.5 cm³/mol. The molecule has 0 aromatic heterocycles. The Morgan fingerprint density at radius 3 is 2.10 bits per heavy atom. The number of esters is 1. The van der Waals surface area contributed by atoms with Crippen LogP contribution in [0.2, 0.25) is 0 Å². The maximum Gasteiger partial charge on any atom is 0.465 e. The first-order chi connectivity index (χ1) is 13.0. The number of alkyl halides is 6. The van der Waals surface area contributed by atoms with Gasteiger partial charge in [0.1, 0.15) is 12.2 Å². The van der Waals surface area contributed by atoms with Gasteiger partial charge in [-0.1, -0.05) is 0 Å². The summed E-state index contributed by atoms with van der Waals surface area (Å²) in [5, 5.41) is -5.21. The summed E-state index contributed by atoms with van der Waals surface area (Å²) in [5.41, 5.74) is -1.62. The van der Waals surface area contributed by atoms with E-state index in [-0.39, 0.29) is 38.0 Å². The Labute approximate surface area is 160 Å². The zero-order valence-electron chi connectivity index (χ0n) is 14.5. The first-order valence-electron chi connectivity index (χ1n) is 8.72. The zero-order chi connectivity index (χ0) is 21.7. The summed E-state index contributed by atoms with van der Waals surface area (Å²) in [5.74, 6) is -11.3. The van der Waals surface area contributed by atoms with Crippen LogP contribution in [-0.2, 0) is 29.1 Å². The van der Waals surface area contributed by atoms with E-state index in [9.17, 15) is 39.6 Å². The molecule has 1 spiro atoms. The van der Waals surface area contributed by atoms with Gasteiger partial charge in [0.15, 0.2) is 5.79 Å². The van der Waals surface area contributed by atoms with E-state index in [1.807, 2.05) is 0 Å². The lowest BCUT2D eigenvalue weighted by Gasteiger charge is -2.64. The first-order valence-corrected chi connectivity index (χ1v) is 10.2. The van der Waals surface area contributed by atoms with Crippen molar-refractivity contribution in [3.63, 3.8) is 0 Å². The number of hydrogen-bond acceptors (Lipinski definition) is 6. The third kappa shape index (κ3) is 2.89. The smallest absolute Gasteiger partial charge is 0.454 e. The molecule has 4 bridgehead atoms. The van der Waals surface area contributed by atoms with E-state index in [1.165, 1.54) is 0 Å². The molecule has 2 unspecified atom stereocenters. The van der Waals surface area contributed by atoms with Gasteiger partial charge >= 0.3 is 33.4 Å². The van der Waals surface area contributed by atoms with Gasteiger partial charge in [0.2, 0.25) is 0 Å². The second kappa shape index (κ2) is 5.77. The molecule has 14 heteroatoms. The average Bonchev–Trinajstić information content (AvgIpc) is 2.54. The van der Waals surface area contributed by atoms with Crippen LogP contribution in [0.1, 0.15) is 32.1 Å². The Hall–Kier alpha value is -1.12. The van der Waals surface area contributed by atoms with Gasteiger partial charge in [-0.15, -0.1) is 0 Å². The standard InChI is InChI=1S/C15H16F6O7S/c16-12(17)6-26-13(28-15(12,20)21)8-1-7-2-9(13)5-11(3-7,4-8)27-10(22)14(18,19)29(23,24)25/h7-9H,1-6H2,(H,23,24,25). The van der Waals surface area contributed by atoms with Crippen LogP contribution >= 0.6 is 0 Å². The highest BCUT2D eigenvalue weighted by Crippen LogP contribution is 2.65. The molecule has 0 amide bonds. The monoisotopic (exact) mass is 454 g/mol. The van der Waals surface area contributed by atoms with Crippen molar-refractivity contribution in [2.24, 2.45) is 17.8 Å². The minimum atomic E-state index is -6.08. The lowest BCUT2D eigenvalue weighted by molar-refractivity contribution is -0.509. The summed E-state index contributed by atoms with van der Waals surface area (Å²) < 4.78 is 126. The second-order valence-electron chi connectivity index (χ2n) is 8.24. The summed E-state index contributed by atoms with van der Waals surface area (Å²) in [6.07, 6.45) is -4.96. The predicted octanol–water partition coefficient (Wildman–Crippen LogP) is 2.56. The molecule has 5 fully saturated rings. The van der Waals surface area contributed by atoms with Crippen LogP contribution in [-0.4, -0.2) is 54.2 Å². The van der Waals surface area contributed by atoms with Gasteiger partial charge in [0.25, 0.3) is 0 Å². The van der Waals surface area contributed by atoms with Gasteiger partial charge in [-0.25, -0.2) is 4.79 Å². The number of ether oxygens (including phenoxy) is 3. The van der Waals surface area contributed by atoms with Crippen molar-refractivity contribution in [1.82, 2.24) is 0 Å². The molecule has 4 aliphatic carbocycles. The van der Waals surface area contributed by atoms with E-state index in [2.05, 4.69) is 4.74 Å².